The molecule has 0 bridgehead atoms. The molecule has 21 heavy (non-hydrogen) atoms. The molecule has 0 unspecified atom stereocenters. The van der Waals surface area contributed by atoms with Gasteiger partial charge in [-0.2, -0.15) is 0 Å². The lowest BCUT2D eigenvalue weighted by molar-refractivity contribution is -0.119. The van der Waals surface area contributed by atoms with Gasteiger partial charge in [0.1, 0.15) is 12.6 Å². The smallest absolute Gasteiger partial charge is 0.289 e. The molecule has 120 valence electrons. The number of hydrogen-bond donors (Lipinski definition) is 2. The third-order valence-electron chi connectivity index (χ3n) is 3.94. The van der Waals surface area contributed by atoms with E-state index in [-0.39, 0.29) is 12.4 Å². The first-order chi connectivity index (χ1) is 9.47. The second kappa shape index (κ2) is 7.49. The Morgan fingerprint density at radius 1 is 1.24 bits per heavy atom. The van der Waals surface area contributed by atoms with Crippen LogP contribution in [-0.4, -0.2) is 48.7 Å². The lowest BCUT2D eigenvalue weighted by Crippen LogP contribution is -2.51. The van der Waals surface area contributed by atoms with Gasteiger partial charge in [0.2, 0.25) is 0 Å². The largest absolute Gasteiger partial charge is 0.390 e. The predicted octanol–water partition coefficient (Wildman–Crippen LogP) is 2.30. The molecule has 1 aromatic rings. The Morgan fingerprint density at radius 2 is 1.76 bits per heavy atom. The molecule has 1 saturated heterocycles. The highest BCUT2D eigenvalue weighted by atomic mass is 35.5. The Labute approximate surface area is 130 Å². The summed E-state index contributed by atoms with van der Waals surface area (Å²) in [5.74, 6) is -3.14. The summed E-state index contributed by atoms with van der Waals surface area (Å²) in [6.45, 7) is 5.10. The first-order valence-electron chi connectivity index (χ1n) is 6.97. The van der Waals surface area contributed by atoms with Crippen molar-refractivity contribution in [2.75, 3.05) is 32.8 Å². The minimum Gasteiger partial charge on any atom is -0.390 e. The van der Waals surface area contributed by atoms with Crippen molar-refractivity contribution in [1.29, 1.82) is 0 Å². The summed E-state index contributed by atoms with van der Waals surface area (Å²) in [5.41, 5.74) is 2.34. The van der Waals surface area contributed by atoms with E-state index in [4.69, 9.17) is 5.11 Å². The van der Waals surface area contributed by atoms with Crippen molar-refractivity contribution in [2.24, 2.45) is 0 Å². The fourth-order valence-electron chi connectivity index (χ4n) is 2.95. The zero-order valence-electron chi connectivity index (χ0n) is 12.4. The highest BCUT2D eigenvalue weighted by Crippen LogP contribution is 2.39. The summed E-state index contributed by atoms with van der Waals surface area (Å²) in [6.07, 6.45) is 0. The first-order valence-corrected chi connectivity index (χ1v) is 6.97. The van der Waals surface area contributed by atoms with Gasteiger partial charge >= 0.3 is 0 Å². The second-order valence-corrected chi connectivity index (χ2v) is 5.41. The molecule has 0 amide bonds. The zero-order valence-corrected chi connectivity index (χ0v) is 13.2. The SMILES string of the molecule is Cc1cccc(C)c1[C@H](N1CCNCC1)C(F)(F)CO.Cl. The molecule has 1 aromatic carbocycles. The number of aryl methyl sites for hydroxylation is 2. The van der Waals surface area contributed by atoms with E-state index in [1.54, 1.807) is 4.90 Å². The summed E-state index contributed by atoms with van der Waals surface area (Å²) < 4.78 is 28.7. The fraction of sp³-hybridized carbons (Fsp3) is 0.600. The van der Waals surface area contributed by atoms with E-state index < -0.39 is 18.6 Å². The molecule has 2 N–H and O–H groups in total. The van der Waals surface area contributed by atoms with Crippen LogP contribution in [0.4, 0.5) is 8.78 Å². The van der Waals surface area contributed by atoms with Crippen LogP contribution in [0, 0.1) is 13.8 Å². The molecule has 2 rings (SSSR count). The van der Waals surface area contributed by atoms with Gasteiger partial charge in [-0.05, 0) is 30.5 Å². The Hall–Kier alpha value is -0.750. The maximum atomic E-state index is 14.3. The van der Waals surface area contributed by atoms with Crippen LogP contribution in [0.25, 0.3) is 0 Å². The normalized spacial score (nSPS) is 18.1. The van der Waals surface area contributed by atoms with Gasteiger partial charge in [0.15, 0.2) is 0 Å². The van der Waals surface area contributed by atoms with Gasteiger partial charge in [0.05, 0.1) is 0 Å². The number of rotatable bonds is 4. The Bertz CT molecular complexity index is 445. The Balaban J connectivity index is 0.00000220. The van der Waals surface area contributed by atoms with Crippen LogP contribution < -0.4 is 5.32 Å². The predicted molar refractivity (Wildman–Crippen MR) is 82.4 cm³/mol. The number of nitrogens with one attached hydrogen (secondary N) is 1. The van der Waals surface area contributed by atoms with Crippen molar-refractivity contribution in [3.8, 4) is 0 Å². The first kappa shape index (κ1) is 18.3. The van der Waals surface area contributed by atoms with Crippen LogP contribution in [0.5, 0.6) is 0 Å². The number of aliphatic hydroxyl groups excluding tert-OH is 1. The van der Waals surface area contributed by atoms with Crippen LogP contribution in [0.1, 0.15) is 22.7 Å². The van der Waals surface area contributed by atoms with Crippen LogP contribution in [-0.2, 0) is 0 Å². The van der Waals surface area contributed by atoms with E-state index in [0.717, 1.165) is 11.1 Å². The number of hydrogen-bond acceptors (Lipinski definition) is 3. The van der Waals surface area contributed by atoms with Crippen molar-refractivity contribution in [1.82, 2.24) is 10.2 Å². The summed E-state index contributed by atoms with van der Waals surface area (Å²) in [7, 11) is 0. The monoisotopic (exact) mass is 320 g/mol. The number of benzene rings is 1. The molecule has 0 spiro atoms. The average molecular weight is 321 g/mol. The van der Waals surface area contributed by atoms with Gasteiger partial charge in [0.25, 0.3) is 5.92 Å². The highest BCUT2D eigenvalue weighted by Gasteiger charge is 2.45. The lowest BCUT2D eigenvalue weighted by Gasteiger charge is -2.40. The molecule has 0 aromatic heterocycles. The maximum absolute atomic E-state index is 14.3. The molecule has 1 aliphatic heterocycles. The molecule has 1 heterocycles. The zero-order chi connectivity index (χ0) is 14.8. The van der Waals surface area contributed by atoms with Crippen LogP contribution in [0.15, 0.2) is 18.2 Å². The van der Waals surface area contributed by atoms with Crippen molar-refractivity contribution in [2.45, 2.75) is 25.8 Å². The summed E-state index contributed by atoms with van der Waals surface area (Å²) in [5, 5.41) is 12.3. The van der Waals surface area contributed by atoms with Crippen molar-refractivity contribution in [3.63, 3.8) is 0 Å². The molecule has 0 radical (unpaired) electrons. The van der Waals surface area contributed by atoms with E-state index in [1.807, 2.05) is 32.0 Å². The van der Waals surface area contributed by atoms with E-state index in [2.05, 4.69) is 5.32 Å². The van der Waals surface area contributed by atoms with Crippen LogP contribution in [0.3, 0.4) is 0 Å². The molecule has 6 heteroatoms. The minimum absolute atomic E-state index is 0. The minimum atomic E-state index is -3.14. The molecule has 0 saturated carbocycles. The molecule has 1 aliphatic rings. The highest BCUT2D eigenvalue weighted by molar-refractivity contribution is 5.85. The van der Waals surface area contributed by atoms with Gasteiger partial charge in [-0.1, -0.05) is 18.2 Å². The number of aliphatic hydroxyl groups is 1. The summed E-state index contributed by atoms with van der Waals surface area (Å²) in [4.78, 5) is 1.78. The quantitative estimate of drug-likeness (QED) is 0.893. The van der Waals surface area contributed by atoms with Gasteiger partial charge < -0.3 is 10.4 Å². The maximum Gasteiger partial charge on any atom is 0.289 e. The van der Waals surface area contributed by atoms with Crippen LogP contribution in [0.2, 0.25) is 0 Å². The third kappa shape index (κ3) is 3.92. The van der Waals surface area contributed by atoms with Crippen molar-refractivity contribution < 1.29 is 13.9 Å². The summed E-state index contributed by atoms with van der Waals surface area (Å²) in [6, 6.07) is 4.52. The van der Waals surface area contributed by atoms with E-state index >= 15 is 0 Å². The molecule has 0 aliphatic carbocycles. The molecule has 1 atom stereocenters. The van der Waals surface area contributed by atoms with E-state index in [0.29, 0.717) is 31.7 Å². The van der Waals surface area contributed by atoms with Crippen molar-refractivity contribution >= 4 is 12.4 Å². The Morgan fingerprint density at radius 3 is 2.24 bits per heavy atom. The fourth-order valence-corrected chi connectivity index (χ4v) is 2.95. The van der Waals surface area contributed by atoms with Crippen molar-refractivity contribution in [3.05, 3.63) is 34.9 Å². The Kier molecular flexibility index (Phi) is 6.53. The molecular weight excluding hydrogens is 298 g/mol. The topological polar surface area (TPSA) is 35.5 Å². The summed E-state index contributed by atoms with van der Waals surface area (Å²) >= 11 is 0. The number of halogens is 3. The number of piperazine rings is 1. The number of alkyl halides is 2. The van der Waals surface area contributed by atoms with E-state index in [9.17, 15) is 8.78 Å². The van der Waals surface area contributed by atoms with Crippen LogP contribution >= 0.6 is 12.4 Å². The molecular formula is C15H23ClF2N2O. The molecule has 1 fully saturated rings. The van der Waals surface area contributed by atoms with E-state index in [1.165, 1.54) is 0 Å². The number of nitrogens with zero attached hydrogens (tertiary/aromatic N) is 1. The lowest BCUT2D eigenvalue weighted by atomic mass is 9.90. The third-order valence-corrected chi connectivity index (χ3v) is 3.94. The molecule has 3 nitrogen and oxygen atoms in total. The van der Waals surface area contributed by atoms with Gasteiger partial charge in [-0.15, -0.1) is 12.4 Å². The van der Waals surface area contributed by atoms with Gasteiger partial charge in [-0.25, -0.2) is 8.78 Å². The van der Waals surface area contributed by atoms with Gasteiger partial charge in [-0.3, -0.25) is 4.90 Å². The average Bonchev–Trinajstić information content (AvgIpc) is 2.43. The van der Waals surface area contributed by atoms with Gasteiger partial charge in [0, 0.05) is 26.2 Å². The second-order valence-electron chi connectivity index (χ2n) is 5.41. The standard InChI is InChI=1S/C15H22F2N2O.ClH/c1-11-4-3-5-12(2)13(11)14(15(16,17)10-20)19-8-6-18-7-9-19;/h3-5,14,18,20H,6-10H2,1-2H3;1H/t14-;/m0./s1.